The predicted molar refractivity (Wildman–Crippen MR) is 99.3 cm³/mol. The number of esters is 1. The Morgan fingerprint density at radius 3 is 2.35 bits per heavy atom. The molecule has 0 saturated carbocycles. The van der Waals surface area contributed by atoms with E-state index in [9.17, 15) is 37.2 Å². The Morgan fingerprint density at radius 2 is 1.84 bits per heavy atom. The minimum Gasteiger partial charge on any atom is -0.469 e. The Labute approximate surface area is 172 Å². The first-order chi connectivity index (χ1) is 14.6. The molecule has 0 amide bonds. The Hall–Kier alpha value is -3.62. The van der Waals surface area contributed by atoms with Gasteiger partial charge < -0.3 is 14.6 Å². The zero-order valence-electron chi connectivity index (χ0n) is 16.1. The standard InChI is InChI=1S/C19H16F4N4O4/c1-31-17(29)10-2-4-26(5-3-10)13-7-14(12(20)6-11(13)9-24)27-16(28)8-15(19(21,22)23)25-18(27)30/h6-8,10H,2-5H2,1H3,(H,25,30). The van der Waals surface area contributed by atoms with E-state index in [2.05, 4.69) is 0 Å². The smallest absolute Gasteiger partial charge is 0.431 e. The third kappa shape index (κ3) is 4.30. The molecule has 3 rings (SSSR count). The monoisotopic (exact) mass is 440 g/mol. The molecule has 0 radical (unpaired) electrons. The molecule has 8 nitrogen and oxygen atoms in total. The van der Waals surface area contributed by atoms with Crippen LogP contribution < -0.4 is 16.1 Å². The second-order valence-corrected chi connectivity index (χ2v) is 6.88. The van der Waals surface area contributed by atoms with E-state index in [-0.39, 0.29) is 33.8 Å². The average Bonchev–Trinajstić information content (AvgIpc) is 2.72. The van der Waals surface area contributed by atoms with E-state index >= 15 is 0 Å². The van der Waals surface area contributed by atoms with Crippen molar-refractivity contribution in [2.45, 2.75) is 19.0 Å². The second kappa shape index (κ2) is 8.25. The molecule has 31 heavy (non-hydrogen) atoms. The van der Waals surface area contributed by atoms with Crippen molar-refractivity contribution in [3.8, 4) is 11.8 Å². The normalized spacial score (nSPS) is 14.9. The van der Waals surface area contributed by atoms with E-state index in [0.29, 0.717) is 25.9 Å². The fourth-order valence-electron chi connectivity index (χ4n) is 3.47. The maximum absolute atomic E-state index is 14.6. The van der Waals surface area contributed by atoms with E-state index in [1.54, 1.807) is 4.90 Å². The summed E-state index contributed by atoms with van der Waals surface area (Å²) in [6, 6.07) is 3.85. The van der Waals surface area contributed by atoms with Crippen LogP contribution in [0, 0.1) is 23.1 Å². The molecule has 2 aromatic rings. The number of hydrogen-bond donors (Lipinski definition) is 1. The van der Waals surface area contributed by atoms with Crippen LogP contribution in [0.1, 0.15) is 24.1 Å². The lowest BCUT2D eigenvalue weighted by Gasteiger charge is -2.33. The highest BCUT2D eigenvalue weighted by Gasteiger charge is 2.33. The summed E-state index contributed by atoms with van der Waals surface area (Å²) in [5.74, 6) is -1.84. The molecule has 0 unspecified atom stereocenters. The van der Waals surface area contributed by atoms with Gasteiger partial charge in [-0.3, -0.25) is 9.59 Å². The molecule has 1 aliphatic heterocycles. The van der Waals surface area contributed by atoms with Crippen molar-refractivity contribution in [1.29, 1.82) is 5.26 Å². The van der Waals surface area contributed by atoms with Gasteiger partial charge in [0.05, 0.1) is 30.0 Å². The third-order valence-electron chi connectivity index (χ3n) is 5.03. The molecule has 12 heteroatoms. The van der Waals surface area contributed by atoms with Gasteiger partial charge in [0.2, 0.25) is 0 Å². The van der Waals surface area contributed by atoms with Gasteiger partial charge in [0.25, 0.3) is 5.56 Å². The van der Waals surface area contributed by atoms with Crippen LogP contribution in [0.15, 0.2) is 27.8 Å². The zero-order valence-corrected chi connectivity index (χ0v) is 16.1. The van der Waals surface area contributed by atoms with E-state index in [1.807, 2.05) is 6.07 Å². The number of rotatable bonds is 3. The van der Waals surface area contributed by atoms with Crippen molar-refractivity contribution in [2.75, 3.05) is 25.1 Å². The van der Waals surface area contributed by atoms with Crippen LogP contribution in [0.3, 0.4) is 0 Å². The molecule has 1 aliphatic rings. The van der Waals surface area contributed by atoms with Gasteiger partial charge in [0.1, 0.15) is 17.6 Å². The molecule has 1 N–H and O–H groups in total. The molecule has 0 spiro atoms. The van der Waals surface area contributed by atoms with Gasteiger partial charge in [0.15, 0.2) is 0 Å². The summed E-state index contributed by atoms with van der Waals surface area (Å²) in [6.07, 6.45) is -4.17. The van der Waals surface area contributed by atoms with Gasteiger partial charge >= 0.3 is 17.8 Å². The highest BCUT2D eigenvalue weighted by atomic mass is 19.4. The van der Waals surface area contributed by atoms with Crippen molar-refractivity contribution < 1.29 is 27.1 Å². The van der Waals surface area contributed by atoms with Crippen molar-refractivity contribution in [3.63, 3.8) is 0 Å². The third-order valence-corrected chi connectivity index (χ3v) is 5.03. The summed E-state index contributed by atoms with van der Waals surface area (Å²) >= 11 is 0. The number of aromatic nitrogens is 2. The van der Waals surface area contributed by atoms with Crippen LogP contribution >= 0.6 is 0 Å². The Kier molecular flexibility index (Phi) is 5.88. The number of benzene rings is 1. The first-order valence-corrected chi connectivity index (χ1v) is 9.07. The molecular weight excluding hydrogens is 424 g/mol. The number of carbonyl (C=O) groups excluding carboxylic acids is 1. The number of H-pyrrole nitrogens is 1. The van der Waals surface area contributed by atoms with Crippen LogP contribution in [-0.2, 0) is 15.7 Å². The van der Waals surface area contributed by atoms with Crippen molar-refractivity contribution in [3.05, 3.63) is 56.1 Å². The summed E-state index contributed by atoms with van der Waals surface area (Å²) in [7, 11) is 1.27. The summed E-state index contributed by atoms with van der Waals surface area (Å²) in [6.45, 7) is 0.607. The van der Waals surface area contributed by atoms with Crippen molar-refractivity contribution in [1.82, 2.24) is 9.55 Å². The van der Waals surface area contributed by atoms with Crippen molar-refractivity contribution >= 4 is 11.7 Å². The number of methoxy groups -OCH3 is 1. The highest BCUT2D eigenvalue weighted by molar-refractivity contribution is 5.73. The van der Waals surface area contributed by atoms with E-state index in [0.717, 1.165) is 12.1 Å². The first-order valence-electron chi connectivity index (χ1n) is 9.07. The minimum atomic E-state index is -4.96. The van der Waals surface area contributed by atoms with Gasteiger partial charge in [0, 0.05) is 19.2 Å². The van der Waals surface area contributed by atoms with Crippen LogP contribution in [0.4, 0.5) is 23.2 Å². The lowest BCUT2D eigenvalue weighted by atomic mass is 9.96. The number of aromatic amines is 1. The highest BCUT2D eigenvalue weighted by Crippen LogP contribution is 2.30. The number of alkyl halides is 3. The molecule has 0 bridgehead atoms. The molecule has 1 aromatic heterocycles. The number of piperidine rings is 1. The molecular formula is C19H16F4N4O4. The van der Waals surface area contributed by atoms with Gasteiger partial charge in [-0.1, -0.05) is 0 Å². The lowest BCUT2D eigenvalue weighted by Crippen LogP contribution is -2.38. The quantitative estimate of drug-likeness (QED) is 0.577. The number of nitrogens with one attached hydrogen (secondary N) is 1. The molecule has 0 atom stereocenters. The molecule has 164 valence electrons. The van der Waals surface area contributed by atoms with E-state index in [1.165, 1.54) is 12.1 Å². The zero-order chi connectivity index (χ0) is 22.9. The van der Waals surface area contributed by atoms with Gasteiger partial charge in [-0.15, -0.1) is 0 Å². The molecule has 0 aliphatic carbocycles. The Bertz CT molecular complexity index is 1140. The number of ether oxygens (including phenoxy) is 1. The average molecular weight is 440 g/mol. The van der Waals surface area contributed by atoms with E-state index in [4.69, 9.17) is 4.74 Å². The summed E-state index contributed by atoms with van der Waals surface area (Å²) in [4.78, 5) is 39.2. The summed E-state index contributed by atoms with van der Waals surface area (Å²) in [5, 5.41) is 9.37. The SMILES string of the molecule is COC(=O)C1CCN(c2cc(-n3c(=O)cc(C(F)(F)F)[nH]c3=O)c(F)cc2C#N)CC1. The molecule has 1 fully saturated rings. The summed E-state index contributed by atoms with van der Waals surface area (Å²) in [5.41, 5.74) is -4.90. The van der Waals surface area contributed by atoms with Gasteiger partial charge in [-0.25, -0.2) is 13.8 Å². The van der Waals surface area contributed by atoms with E-state index < -0.39 is 34.6 Å². The van der Waals surface area contributed by atoms with Crippen LogP contribution in [0.25, 0.3) is 5.69 Å². The number of hydrogen-bond acceptors (Lipinski definition) is 6. The van der Waals surface area contributed by atoms with Crippen LogP contribution in [-0.4, -0.2) is 35.7 Å². The largest absolute Gasteiger partial charge is 0.469 e. The Balaban J connectivity index is 2.06. The fourth-order valence-corrected chi connectivity index (χ4v) is 3.47. The number of nitrogens with zero attached hydrogens (tertiary/aromatic N) is 3. The van der Waals surface area contributed by atoms with Gasteiger partial charge in [-0.05, 0) is 25.0 Å². The number of anilines is 1. The summed E-state index contributed by atoms with van der Waals surface area (Å²) < 4.78 is 58.0. The number of nitriles is 1. The maximum atomic E-state index is 14.6. The second-order valence-electron chi connectivity index (χ2n) is 6.88. The number of halogens is 4. The predicted octanol–water partition coefficient (Wildman–Crippen LogP) is 1.94. The molecule has 2 heterocycles. The minimum absolute atomic E-state index is 0.0887. The number of carbonyl (C=O) groups is 1. The van der Waals surface area contributed by atoms with Crippen molar-refractivity contribution in [2.24, 2.45) is 5.92 Å². The maximum Gasteiger partial charge on any atom is 0.431 e. The molecule has 1 saturated heterocycles. The van der Waals surface area contributed by atoms with Crippen LogP contribution in [0.2, 0.25) is 0 Å². The van der Waals surface area contributed by atoms with Crippen LogP contribution in [0.5, 0.6) is 0 Å². The molecule has 1 aromatic carbocycles. The topological polar surface area (TPSA) is 108 Å². The lowest BCUT2D eigenvalue weighted by molar-refractivity contribution is -0.146. The first kappa shape index (κ1) is 22.1. The fraction of sp³-hybridized carbons (Fsp3) is 0.368. The Morgan fingerprint density at radius 1 is 1.19 bits per heavy atom. The van der Waals surface area contributed by atoms with Gasteiger partial charge in [-0.2, -0.15) is 18.4 Å².